The number of ether oxygens (including phenoxy) is 1. The third kappa shape index (κ3) is 5.94. The molecule has 202 valence electrons. The lowest BCUT2D eigenvalue weighted by molar-refractivity contribution is -0.110. The standard InChI is InChI=1S/C30H34N6O3/c1-34-13-16-36(17-14-34)18-15-35(2)24-11-9-23(10-12-24)32-27(21-7-5-4-6-8-21)26-28-25(33-29(26)37)19-22(20-31-28)30(38)39-3/h4-12,19-20,32H,13-18H2,1-3H3,(H,33,37). The predicted molar refractivity (Wildman–Crippen MR) is 155 cm³/mol. The van der Waals surface area contributed by atoms with Crippen molar-refractivity contribution in [2.45, 2.75) is 0 Å². The number of fused-ring (bicyclic) bond motifs is 1. The van der Waals surface area contributed by atoms with Gasteiger partial charge in [0, 0.05) is 63.9 Å². The van der Waals surface area contributed by atoms with E-state index in [4.69, 9.17) is 4.74 Å². The minimum atomic E-state index is -0.507. The minimum Gasteiger partial charge on any atom is -0.465 e. The van der Waals surface area contributed by atoms with Crippen LogP contribution in [0.5, 0.6) is 0 Å². The van der Waals surface area contributed by atoms with Crippen LogP contribution in [0.3, 0.4) is 0 Å². The molecule has 0 spiro atoms. The number of esters is 1. The fraction of sp³-hybridized carbons (Fsp3) is 0.300. The smallest absolute Gasteiger partial charge is 0.339 e. The molecule has 1 amide bonds. The van der Waals surface area contributed by atoms with Gasteiger partial charge in [-0.2, -0.15) is 0 Å². The van der Waals surface area contributed by atoms with Crippen LogP contribution in [0, 0.1) is 0 Å². The molecule has 0 saturated carbocycles. The number of nitrogens with zero attached hydrogens (tertiary/aromatic N) is 4. The van der Waals surface area contributed by atoms with E-state index in [1.165, 1.54) is 13.3 Å². The van der Waals surface area contributed by atoms with Crippen LogP contribution in [-0.2, 0) is 9.53 Å². The van der Waals surface area contributed by atoms with Crippen molar-refractivity contribution in [2.75, 3.05) is 76.0 Å². The van der Waals surface area contributed by atoms with Crippen molar-refractivity contribution in [2.24, 2.45) is 0 Å². The Morgan fingerprint density at radius 1 is 1.05 bits per heavy atom. The molecule has 1 aromatic heterocycles. The quantitative estimate of drug-likeness (QED) is 0.341. The van der Waals surface area contributed by atoms with Crippen LogP contribution in [0.1, 0.15) is 21.6 Å². The number of hydrogen-bond donors (Lipinski definition) is 2. The molecule has 1 saturated heterocycles. The van der Waals surface area contributed by atoms with Crippen LogP contribution in [0.15, 0.2) is 66.9 Å². The molecule has 3 heterocycles. The summed E-state index contributed by atoms with van der Waals surface area (Å²) in [4.78, 5) is 36.7. The number of carbonyl (C=O) groups is 2. The summed E-state index contributed by atoms with van der Waals surface area (Å²) in [6.45, 7) is 6.45. The zero-order valence-electron chi connectivity index (χ0n) is 22.6. The Bertz CT molecular complexity index is 1370. The number of benzene rings is 2. The van der Waals surface area contributed by atoms with Gasteiger partial charge in [0.1, 0.15) is 5.69 Å². The summed E-state index contributed by atoms with van der Waals surface area (Å²) < 4.78 is 4.80. The van der Waals surface area contributed by atoms with E-state index in [0.717, 1.165) is 56.2 Å². The van der Waals surface area contributed by atoms with E-state index in [1.54, 1.807) is 6.07 Å². The number of carbonyl (C=O) groups excluding carboxylic acids is 2. The summed E-state index contributed by atoms with van der Waals surface area (Å²) in [5, 5.41) is 6.32. The largest absolute Gasteiger partial charge is 0.465 e. The Kier molecular flexibility index (Phi) is 7.90. The van der Waals surface area contributed by atoms with E-state index >= 15 is 0 Å². The van der Waals surface area contributed by atoms with Crippen molar-refractivity contribution in [1.29, 1.82) is 0 Å². The summed E-state index contributed by atoms with van der Waals surface area (Å²) in [5.74, 6) is -0.793. The Balaban J connectivity index is 1.38. The number of nitrogens with one attached hydrogen (secondary N) is 2. The van der Waals surface area contributed by atoms with Gasteiger partial charge in [0.25, 0.3) is 5.91 Å². The van der Waals surface area contributed by atoms with Crippen molar-refractivity contribution in [1.82, 2.24) is 14.8 Å². The Morgan fingerprint density at radius 2 is 1.77 bits per heavy atom. The van der Waals surface area contributed by atoms with Crippen LogP contribution in [0.4, 0.5) is 17.1 Å². The second-order valence-corrected chi connectivity index (χ2v) is 9.92. The van der Waals surface area contributed by atoms with Crippen LogP contribution >= 0.6 is 0 Å². The van der Waals surface area contributed by atoms with E-state index < -0.39 is 5.97 Å². The second kappa shape index (κ2) is 11.7. The second-order valence-electron chi connectivity index (χ2n) is 9.92. The number of amides is 1. The summed E-state index contributed by atoms with van der Waals surface area (Å²) in [6.07, 6.45) is 1.43. The van der Waals surface area contributed by atoms with E-state index in [-0.39, 0.29) is 11.5 Å². The lowest BCUT2D eigenvalue weighted by atomic mass is 10.0. The summed E-state index contributed by atoms with van der Waals surface area (Å²) >= 11 is 0. The van der Waals surface area contributed by atoms with Crippen molar-refractivity contribution in [3.63, 3.8) is 0 Å². The molecule has 0 aliphatic carbocycles. The molecular weight excluding hydrogens is 492 g/mol. The molecule has 1 fully saturated rings. The average molecular weight is 527 g/mol. The first kappa shape index (κ1) is 26.4. The highest BCUT2D eigenvalue weighted by Crippen LogP contribution is 2.36. The molecule has 2 aromatic carbocycles. The van der Waals surface area contributed by atoms with Gasteiger partial charge < -0.3 is 25.2 Å². The molecule has 0 bridgehead atoms. The molecule has 2 aliphatic heterocycles. The van der Waals surface area contributed by atoms with E-state index in [2.05, 4.69) is 56.5 Å². The molecule has 0 unspecified atom stereocenters. The van der Waals surface area contributed by atoms with Gasteiger partial charge in [-0.15, -0.1) is 0 Å². The van der Waals surface area contributed by atoms with Crippen LogP contribution in [-0.4, -0.2) is 87.1 Å². The molecule has 0 atom stereocenters. The first-order valence-electron chi connectivity index (χ1n) is 13.1. The molecule has 3 aromatic rings. The highest BCUT2D eigenvalue weighted by Gasteiger charge is 2.31. The van der Waals surface area contributed by atoms with E-state index in [1.807, 2.05) is 42.5 Å². The average Bonchev–Trinajstić information content (AvgIpc) is 3.30. The zero-order chi connectivity index (χ0) is 27.4. The van der Waals surface area contributed by atoms with E-state index in [0.29, 0.717) is 22.7 Å². The summed E-state index contributed by atoms with van der Waals surface area (Å²) in [5.41, 5.74) is 5.13. The van der Waals surface area contributed by atoms with Gasteiger partial charge in [0.15, 0.2) is 0 Å². The molecule has 5 rings (SSSR count). The number of rotatable bonds is 8. The van der Waals surface area contributed by atoms with Gasteiger partial charge in [-0.1, -0.05) is 30.3 Å². The normalized spacial score (nSPS) is 16.8. The maximum absolute atomic E-state index is 13.2. The predicted octanol–water partition coefficient (Wildman–Crippen LogP) is 3.48. The number of anilines is 3. The fourth-order valence-electron chi connectivity index (χ4n) is 4.83. The van der Waals surface area contributed by atoms with Crippen molar-refractivity contribution in [3.8, 4) is 0 Å². The topological polar surface area (TPSA) is 90.0 Å². The molecular formula is C30H34N6O3. The van der Waals surface area contributed by atoms with Gasteiger partial charge in [-0.05, 0) is 42.9 Å². The molecule has 2 N–H and O–H groups in total. The van der Waals surface area contributed by atoms with E-state index in [9.17, 15) is 9.59 Å². The van der Waals surface area contributed by atoms with Gasteiger partial charge in [-0.3, -0.25) is 14.7 Å². The Labute approximate surface area is 229 Å². The highest BCUT2D eigenvalue weighted by molar-refractivity contribution is 6.37. The first-order valence-corrected chi connectivity index (χ1v) is 13.1. The third-order valence-electron chi connectivity index (χ3n) is 7.26. The van der Waals surface area contributed by atoms with Crippen molar-refractivity contribution < 1.29 is 14.3 Å². The molecule has 9 heteroatoms. The molecule has 9 nitrogen and oxygen atoms in total. The van der Waals surface area contributed by atoms with Crippen LogP contribution in [0.2, 0.25) is 0 Å². The number of pyridine rings is 1. The SMILES string of the molecule is COC(=O)c1cnc2c(c1)NC(=O)C2=C(Nc1ccc(N(C)CCN2CCN(C)CC2)cc1)c1ccccc1. The lowest BCUT2D eigenvalue weighted by Gasteiger charge is -2.33. The van der Waals surface area contributed by atoms with Gasteiger partial charge in [-0.25, -0.2) is 4.79 Å². The van der Waals surface area contributed by atoms with Crippen LogP contribution < -0.4 is 15.5 Å². The monoisotopic (exact) mass is 526 g/mol. The Hall–Kier alpha value is -4.21. The number of methoxy groups -OCH3 is 1. The van der Waals surface area contributed by atoms with Crippen molar-refractivity contribution >= 4 is 40.2 Å². The summed E-state index contributed by atoms with van der Waals surface area (Å²) in [6, 6.07) is 19.5. The highest BCUT2D eigenvalue weighted by atomic mass is 16.5. The molecule has 0 radical (unpaired) electrons. The minimum absolute atomic E-state index is 0.277. The van der Waals surface area contributed by atoms with Crippen LogP contribution in [0.25, 0.3) is 11.3 Å². The van der Waals surface area contributed by atoms with Crippen molar-refractivity contribution in [3.05, 3.63) is 83.7 Å². The first-order chi connectivity index (χ1) is 18.9. The summed E-state index contributed by atoms with van der Waals surface area (Å²) in [7, 11) is 5.60. The number of hydrogen-bond acceptors (Lipinski definition) is 8. The van der Waals surface area contributed by atoms with Gasteiger partial charge in [0.05, 0.1) is 29.6 Å². The number of likely N-dealkylation sites (N-methyl/N-ethyl adjacent to an activating group) is 2. The van der Waals surface area contributed by atoms with Gasteiger partial charge in [0.2, 0.25) is 0 Å². The molecule has 39 heavy (non-hydrogen) atoms. The Morgan fingerprint density at radius 3 is 2.46 bits per heavy atom. The molecule has 2 aliphatic rings. The number of aromatic nitrogens is 1. The maximum atomic E-state index is 13.2. The third-order valence-corrected chi connectivity index (χ3v) is 7.26. The fourth-order valence-corrected chi connectivity index (χ4v) is 4.83. The lowest BCUT2D eigenvalue weighted by Crippen LogP contribution is -2.46. The zero-order valence-corrected chi connectivity index (χ0v) is 22.6. The maximum Gasteiger partial charge on any atom is 0.339 e. The number of piperazine rings is 1. The van der Waals surface area contributed by atoms with Gasteiger partial charge >= 0.3 is 5.97 Å².